The number of carbonyl (C=O) groups excluding carboxylic acids is 1. The SMILES string of the molecule is COc1cc([C@@H]2CC(=O)Nc3ccsc32)ccc1OC1CCCCC1. The quantitative estimate of drug-likeness (QED) is 0.843. The Bertz CT molecular complexity index is 764. The van der Waals surface area contributed by atoms with Gasteiger partial charge >= 0.3 is 0 Å². The van der Waals surface area contributed by atoms with Crippen LogP contribution in [0.15, 0.2) is 29.6 Å². The van der Waals surface area contributed by atoms with E-state index in [1.165, 1.54) is 24.1 Å². The molecule has 1 amide bonds. The maximum atomic E-state index is 12.0. The van der Waals surface area contributed by atoms with Gasteiger partial charge in [-0.3, -0.25) is 4.79 Å². The van der Waals surface area contributed by atoms with Crippen LogP contribution in [0.4, 0.5) is 5.69 Å². The van der Waals surface area contributed by atoms with Gasteiger partial charge in [-0.25, -0.2) is 0 Å². The molecule has 0 spiro atoms. The first-order chi connectivity index (χ1) is 12.2. The molecule has 0 saturated heterocycles. The lowest BCUT2D eigenvalue weighted by atomic mass is 9.90. The molecule has 1 aliphatic heterocycles. The fourth-order valence-electron chi connectivity index (χ4n) is 3.80. The fraction of sp³-hybridized carbons (Fsp3) is 0.450. The predicted molar refractivity (Wildman–Crippen MR) is 99.9 cm³/mol. The second-order valence-corrected chi connectivity index (χ2v) is 7.74. The zero-order valence-electron chi connectivity index (χ0n) is 14.4. The molecule has 1 saturated carbocycles. The van der Waals surface area contributed by atoms with Crippen molar-refractivity contribution >= 4 is 22.9 Å². The minimum absolute atomic E-state index is 0.0670. The number of thiophene rings is 1. The summed E-state index contributed by atoms with van der Waals surface area (Å²) in [5.74, 6) is 1.72. The van der Waals surface area contributed by atoms with Gasteiger partial charge in [0.1, 0.15) is 0 Å². The van der Waals surface area contributed by atoms with Crippen LogP contribution in [0.5, 0.6) is 11.5 Å². The number of benzene rings is 1. The Morgan fingerprint density at radius 3 is 2.76 bits per heavy atom. The van der Waals surface area contributed by atoms with E-state index in [9.17, 15) is 4.79 Å². The molecule has 4 rings (SSSR count). The largest absolute Gasteiger partial charge is 0.493 e. The number of amides is 1. The molecule has 1 aromatic heterocycles. The van der Waals surface area contributed by atoms with Gasteiger partial charge in [-0.15, -0.1) is 11.3 Å². The molecule has 2 heterocycles. The Labute approximate surface area is 152 Å². The molecule has 0 unspecified atom stereocenters. The predicted octanol–water partition coefficient (Wildman–Crippen LogP) is 4.94. The Morgan fingerprint density at radius 1 is 1.12 bits per heavy atom. The number of carbonyl (C=O) groups is 1. The van der Waals surface area contributed by atoms with Crippen LogP contribution in [0.1, 0.15) is 54.9 Å². The van der Waals surface area contributed by atoms with Crippen LogP contribution in [0.3, 0.4) is 0 Å². The number of fused-ring (bicyclic) bond motifs is 1. The van der Waals surface area contributed by atoms with E-state index in [0.29, 0.717) is 6.42 Å². The highest BCUT2D eigenvalue weighted by Gasteiger charge is 2.28. The zero-order chi connectivity index (χ0) is 17.2. The molecule has 2 aromatic rings. The summed E-state index contributed by atoms with van der Waals surface area (Å²) < 4.78 is 11.8. The maximum absolute atomic E-state index is 12.0. The number of hydrogen-bond donors (Lipinski definition) is 1. The summed E-state index contributed by atoms with van der Waals surface area (Å²) in [7, 11) is 1.68. The Hall–Kier alpha value is -2.01. The molecule has 25 heavy (non-hydrogen) atoms. The van der Waals surface area contributed by atoms with Gasteiger partial charge in [0.15, 0.2) is 11.5 Å². The van der Waals surface area contributed by atoms with Crippen LogP contribution in [0, 0.1) is 0 Å². The average molecular weight is 357 g/mol. The van der Waals surface area contributed by atoms with Crippen LogP contribution in [-0.2, 0) is 4.79 Å². The highest BCUT2D eigenvalue weighted by Crippen LogP contribution is 2.43. The summed E-state index contributed by atoms with van der Waals surface area (Å²) in [6, 6.07) is 8.09. The van der Waals surface area contributed by atoms with E-state index in [-0.39, 0.29) is 17.9 Å². The Kier molecular flexibility index (Phi) is 4.66. The van der Waals surface area contributed by atoms with Crippen LogP contribution in [0.2, 0.25) is 0 Å². The van der Waals surface area contributed by atoms with Crippen molar-refractivity contribution in [1.82, 2.24) is 0 Å². The molecule has 1 N–H and O–H groups in total. The number of hydrogen-bond acceptors (Lipinski definition) is 4. The van der Waals surface area contributed by atoms with Crippen LogP contribution >= 0.6 is 11.3 Å². The molecule has 1 aromatic carbocycles. The summed E-state index contributed by atoms with van der Waals surface area (Å²) in [5.41, 5.74) is 2.04. The number of anilines is 1. The molecule has 0 bridgehead atoms. The number of rotatable bonds is 4. The van der Waals surface area contributed by atoms with E-state index in [2.05, 4.69) is 11.4 Å². The summed E-state index contributed by atoms with van der Waals surface area (Å²) in [6.07, 6.45) is 6.78. The average Bonchev–Trinajstić information content (AvgIpc) is 3.10. The first kappa shape index (κ1) is 16.5. The van der Waals surface area contributed by atoms with Gasteiger partial charge in [-0.05, 0) is 54.8 Å². The van der Waals surface area contributed by atoms with Gasteiger partial charge in [0.05, 0.1) is 18.9 Å². The number of methoxy groups -OCH3 is 1. The van der Waals surface area contributed by atoms with Crippen molar-refractivity contribution in [1.29, 1.82) is 0 Å². The monoisotopic (exact) mass is 357 g/mol. The molecule has 5 heteroatoms. The van der Waals surface area contributed by atoms with E-state index in [4.69, 9.17) is 9.47 Å². The Balaban J connectivity index is 1.60. The highest BCUT2D eigenvalue weighted by molar-refractivity contribution is 7.10. The van der Waals surface area contributed by atoms with E-state index in [1.54, 1.807) is 18.4 Å². The molecule has 1 atom stereocenters. The molecule has 2 aliphatic rings. The molecular formula is C20H23NO3S. The van der Waals surface area contributed by atoms with Gasteiger partial charge in [0.2, 0.25) is 5.91 Å². The van der Waals surface area contributed by atoms with Gasteiger partial charge in [-0.2, -0.15) is 0 Å². The molecular weight excluding hydrogens is 334 g/mol. The summed E-state index contributed by atoms with van der Waals surface area (Å²) in [4.78, 5) is 13.2. The number of ether oxygens (including phenoxy) is 2. The minimum atomic E-state index is 0.0670. The van der Waals surface area contributed by atoms with E-state index in [0.717, 1.165) is 35.6 Å². The molecule has 1 aliphatic carbocycles. The van der Waals surface area contributed by atoms with Crippen molar-refractivity contribution in [2.24, 2.45) is 0 Å². The lowest BCUT2D eigenvalue weighted by molar-refractivity contribution is -0.116. The third-order valence-electron chi connectivity index (χ3n) is 5.11. The van der Waals surface area contributed by atoms with E-state index >= 15 is 0 Å². The molecule has 132 valence electrons. The van der Waals surface area contributed by atoms with Crippen molar-refractivity contribution in [2.75, 3.05) is 12.4 Å². The third kappa shape index (κ3) is 3.38. The lowest BCUT2D eigenvalue weighted by Crippen LogP contribution is -2.22. The summed E-state index contributed by atoms with van der Waals surface area (Å²) in [5, 5.41) is 4.98. The van der Waals surface area contributed by atoms with Gasteiger partial charge in [-0.1, -0.05) is 12.5 Å². The topological polar surface area (TPSA) is 47.6 Å². The van der Waals surface area contributed by atoms with Crippen molar-refractivity contribution in [3.8, 4) is 11.5 Å². The standard InChI is InChI=1S/C20H23NO3S/c1-23-18-11-13(7-8-17(18)24-14-5-3-2-4-6-14)15-12-19(22)21-16-9-10-25-20(15)16/h7-11,14-15H,2-6,12H2,1H3,(H,21,22)/t15-/m0/s1. The first-order valence-corrected chi connectivity index (χ1v) is 9.84. The van der Waals surface area contributed by atoms with Crippen molar-refractivity contribution in [3.63, 3.8) is 0 Å². The van der Waals surface area contributed by atoms with Crippen molar-refractivity contribution in [2.45, 2.75) is 50.5 Å². The van der Waals surface area contributed by atoms with Gasteiger partial charge < -0.3 is 14.8 Å². The van der Waals surface area contributed by atoms with Gasteiger partial charge in [0, 0.05) is 17.2 Å². The molecule has 0 radical (unpaired) electrons. The highest BCUT2D eigenvalue weighted by atomic mass is 32.1. The minimum Gasteiger partial charge on any atom is -0.493 e. The zero-order valence-corrected chi connectivity index (χ0v) is 15.2. The van der Waals surface area contributed by atoms with Gasteiger partial charge in [0.25, 0.3) is 0 Å². The second kappa shape index (κ2) is 7.08. The fourth-order valence-corrected chi connectivity index (χ4v) is 4.78. The molecule has 1 fully saturated rings. The van der Waals surface area contributed by atoms with Crippen molar-refractivity contribution in [3.05, 3.63) is 40.1 Å². The van der Waals surface area contributed by atoms with E-state index < -0.39 is 0 Å². The smallest absolute Gasteiger partial charge is 0.225 e. The Morgan fingerprint density at radius 2 is 1.96 bits per heavy atom. The summed E-state index contributed by atoms with van der Waals surface area (Å²) >= 11 is 1.69. The first-order valence-electron chi connectivity index (χ1n) is 8.96. The van der Waals surface area contributed by atoms with Crippen molar-refractivity contribution < 1.29 is 14.3 Å². The second-order valence-electron chi connectivity index (χ2n) is 6.79. The summed E-state index contributed by atoms with van der Waals surface area (Å²) in [6.45, 7) is 0. The maximum Gasteiger partial charge on any atom is 0.225 e. The van der Waals surface area contributed by atoms with E-state index in [1.807, 2.05) is 23.6 Å². The number of nitrogens with one attached hydrogen (secondary N) is 1. The van der Waals surface area contributed by atoms with Crippen LogP contribution in [-0.4, -0.2) is 19.1 Å². The van der Waals surface area contributed by atoms with Crippen LogP contribution in [0.25, 0.3) is 0 Å². The molecule has 4 nitrogen and oxygen atoms in total. The lowest BCUT2D eigenvalue weighted by Gasteiger charge is -2.26. The van der Waals surface area contributed by atoms with Crippen LogP contribution < -0.4 is 14.8 Å². The third-order valence-corrected chi connectivity index (χ3v) is 6.14. The normalized spacial score (nSPS) is 20.7.